The van der Waals surface area contributed by atoms with Gasteiger partial charge in [-0.3, -0.25) is 20.0 Å². The minimum absolute atomic E-state index is 0. The van der Waals surface area contributed by atoms with Gasteiger partial charge in [-0.05, 0) is 114 Å². The fraction of sp³-hybridized carbons (Fsp3) is 0.431. The number of carbonyl (C=O) groups is 1. The third-order valence-electron chi connectivity index (χ3n) is 10.2. The molecule has 0 bridgehead atoms. The molecule has 0 spiro atoms. The number of ether oxygens (including phenoxy) is 4. The van der Waals surface area contributed by atoms with Crippen LogP contribution < -0.4 is 39.4 Å². The van der Waals surface area contributed by atoms with E-state index in [-0.39, 0.29) is 166 Å². The van der Waals surface area contributed by atoms with Gasteiger partial charge < -0.3 is 136 Å². The predicted octanol–water partition coefficient (Wildman–Crippen LogP) is 6.12. The number of para-hydroxylation sites is 4. The van der Waals surface area contributed by atoms with Crippen molar-refractivity contribution in [1.29, 1.82) is 0 Å². The van der Waals surface area contributed by atoms with Crippen molar-refractivity contribution in [3.05, 3.63) is 187 Å². The van der Waals surface area contributed by atoms with Crippen LogP contribution in [0.2, 0.25) is 0 Å². The molecule has 2 aliphatic rings. The Morgan fingerprint density at radius 3 is 0.652 bits per heavy atom. The van der Waals surface area contributed by atoms with Crippen molar-refractivity contribution in [1.82, 2.24) is 0 Å². The second-order valence-electron chi connectivity index (χ2n) is 16.6. The average Bonchev–Trinajstić information content (AvgIpc) is 1.07. The largest absolute Gasteiger partial charge is 3.00 e. The van der Waals surface area contributed by atoms with Crippen LogP contribution in [0.5, 0.6) is 46.0 Å². The van der Waals surface area contributed by atoms with E-state index in [0.717, 1.165) is 51.4 Å². The molecule has 41 heteroatoms. The van der Waals surface area contributed by atoms with E-state index in [1.54, 1.807) is 97.7 Å². The molecule has 2 fully saturated rings. The summed E-state index contributed by atoms with van der Waals surface area (Å²) in [5, 5.41) is 138. The van der Waals surface area contributed by atoms with E-state index in [9.17, 15) is 25.2 Å². The molecule has 6 rings (SSSR count). The van der Waals surface area contributed by atoms with Gasteiger partial charge in [-0.25, -0.2) is 0 Å². The molecule has 4 atom stereocenters. The van der Waals surface area contributed by atoms with Crippen molar-refractivity contribution < 1.29 is 188 Å². The van der Waals surface area contributed by atoms with Crippen LogP contribution in [0.3, 0.4) is 0 Å². The molecule has 0 aliphatic heterocycles. The van der Waals surface area contributed by atoms with Crippen molar-refractivity contribution in [2.45, 2.75) is 117 Å². The van der Waals surface area contributed by atoms with Crippen molar-refractivity contribution in [3.63, 3.8) is 0 Å². The molecule has 37 nitrogen and oxygen atoms in total. The standard InChI is InChI=1S/2C24H30N2O4.C3H6O.2Gd.6NO3.2Ni/c2*1-3-29-21-13-7-9-17(23(21)27)15-25-19-11-5-6-12-20(19)26-16-18-10-8-14-22(24(18)28)30-4-2;1-3(2)4;;;6*2-1(3)4;;/h2*7-10,13-16,19-20,27-28H,3-6,11-12H2,1-2H3;1-2H3;;;;;;;;;;/q;;;2*+3;6*-1;2*+2/p-4/t2*19-,20-;;;;;;;;;;;/m00.........../s1. The average molecular weight is 1680 g/mol. The fourth-order valence-corrected chi connectivity index (χ4v) is 7.20. The SMILES string of the molecule is CC(C)=O.CCOc1cccc(C=N[C@H]2CCCC[C@@H]2N=Cc2cccc(OCC)c2[O-])c1[O-].CCOc1cccc(C=N[C@H]2CCCC[C@@H]2N=Cc2cccc(OCC)c2[O-])c1[O-].O=[N+]([O-])[O-].O=[N+]([O-])[O-].O=[N+]([O-])[O-].O=[N+]([O-])[O-].O=[N+]([O-])[O-].O=[N+]([O-])[O-].[Gd+3].[Gd+3].[Ni+2].[Ni+2]. The molecule has 514 valence electrons. The van der Waals surface area contributed by atoms with Gasteiger partial charge in [-0.1, -0.05) is 97.2 Å². The van der Waals surface area contributed by atoms with Crippen LogP contribution in [0.1, 0.15) is 115 Å². The first-order chi connectivity index (χ1) is 41.4. The number of ketones is 1. The molecular formula is C51H62Gd2N10Ni2O27. The van der Waals surface area contributed by atoms with Gasteiger partial charge in [0.15, 0.2) is 0 Å². The summed E-state index contributed by atoms with van der Waals surface area (Å²) in [6.07, 6.45) is 14.5. The molecule has 0 N–H and O–H groups in total. The van der Waals surface area contributed by atoms with Gasteiger partial charge in [0.05, 0.1) is 81.1 Å². The minimum atomic E-state index is -1.75. The van der Waals surface area contributed by atoms with E-state index in [2.05, 4.69) is 20.0 Å². The van der Waals surface area contributed by atoms with E-state index in [4.69, 9.17) is 111 Å². The second-order valence-corrected chi connectivity index (χ2v) is 16.6. The molecule has 0 unspecified atom stereocenters. The number of aliphatic imine (C=N–C) groups is 4. The maximum absolute atomic E-state index is 12.5. The summed E-state index contributed by atoms with van der Waals surface area (Å²) in [6.45, 7) is 12.2. The monoisotopic (exact) mass is 1680 g/mol. The van der Waals surface area contributed by atoms with Crippen LogP contribution in [0.4, 0.5) is 0 Å². The Kier molecular flexibility index (Phi) is 63.7. The molecule has 0 heterocycles. The number of benzene rings is 4. The van der Waals surface area contributed by atoms with Crippen LogP contribution in [-0.4, -0.2) is 112 Å². The van der Waals surface area contributed by atoms with Gasteiger partial charge in [-0.2, -0.15) is 0 Å². The number of Topliss-reactive ketones (excluding diaryl/α,β-unsaturated/α-hetero) is 1. The van der Waals surface area contributed by atoms with Crippen LogP contribution >= 0.6 is 0 Å². The zero-order chi connectivity index (χ0) is 67.7. The first-order valence-corrected chi connectivity index (χ1v) is 25.6. The minimum Gasteiger partial charge on any atom is -0.870 e. The summed E-state index contributed by atoms with van der Waals surface area (Å²) >= 11 is 0. The maximum Gasteiger partial charge on any atom is 3.00 e. The smallest absolute Gasteiger partial charge is 0.870 e. The van der Waals surface area contributed by atoms with Crippen molar-refractivity contribution in [2.24, 2.45) is 20.0 Å². The summed E-state index contributed by atoms with van der Waals surface area (Å²) < 4.78 is 21.5. The maximum atomic E-state index is 12.5. The van der Waals surface area contributed by atoms with Crippen LogP contribution in [0.15, 0.2) is 92.8 Å². The molecule has 2 aliphatic carbocycles. The van der Waals surface area contributed by atoms with Gasteiger partial charge in [0, 0.05) is 24.9 Å². The quantitative estimate of drug-likeness (QED) is 0.0527. The number of hydrogen-bond donors (Lipinski definition) is 0. The predicted molar refractivity (Wildman–Crippen MR) is 309 cm³/mol. The van der Waals surface area contributed by atoms with Gasteiger partial charge in [0.2, 0.25) is 0 Å². The topological polar surface area (TPSA) is 593 Å². The zero-order valence-corrected chi connectivity index (χ0v) is 55.9. The zero-order valence-electron chi connectivity index (χ0n) is 49.4. The van der Waals surface area contributed by atoms with Gasteiger partial charge in [-0.15, -0.1) is 0 Å². The Labute approximate surface area is 609 Å². The van der Waals surface area contributed by atoms with Crippen molar-refractivity contribution >= 4 is 30.6 Å². The Morgan fingerprint density at radius 2 is 0.522 bits per heavy atom. The molecule has 0 amide bonds. The molecule has 4 aromatic rings. The molecule has 4 aromatic carbocycles. The normalized spacial score (nSPS) is 14.5. The van der Waals surface area contributed by atoms with Crippen LogP contribution in [0, 0.1) is 172 Å². The number of rotatable bonds is 16. The van der Waals surface area contributed by atoms with Crippen LogP contribution in [0.25, 0.3) is 0 Å². The Balaban J connectivity index is -0.000000216. The molecule has 2 radical (unpaired) electrons. The summed E-state index contributed by atoms with van der Waals surface area (Å²) in [7, 11) is 0. The Hall–Kier alpha value is -7.53. The van der Waals surface area contributed by atoms with Crippen LogP contribution in [-0.2, 0) is 37.8 Å². The van der Waals surface area contributed by atoms with Gasteiger partial charge >= 0.3 is 113 Å². The second kappa shape index (κ2) is 59.8. The number of nitrogens with zero attached hydrogens (tertiary/aromatic N) is 10. The molecular weight excluding hydrogens is 1620 g/mol. The fourth-order valence-electron chi connectivity index (χ4n) is 7.20. The number of hydrogen-bond acceptors (Lipinski definition) is 31. The van der Waals surface area contributed by atoms with Crippen molar-refractivity contribution in [3.8, 4) is 46.0 Å². The van der Waals surface area contributed by atoms with Gasteiger partial charge in [0.25, 0.3) is 0 Å². The number of carbonyl (C=O) groups excluding carboxylic acids is 1. The summed E-state index contributed by atoms with van der Waals surface area (Å²) in [6, 6.07) is 20.8. The van der Waals surface area contributed by atoms with E-state index >= 15 is 0 Å². The van der Waals surface area contributed by atoms with E-state index < -0.39 is 30.5 Å². The summed E-state index contributed by atoms with van der Waals surface area (Å²) in [5.41, 5.74) is 2.06. The first-order valence-electron chi connectivity index (χ1n) is 25.6. The summed E-state index contributed by atoms with van der Waals surface area (Å²) in [4.78, 5) is 77.7. The Bertz CT molecular complexity index is 2450. The molecule has 92 heavy (non-hydrogen) atoms. The van der Waals surface area contributed by atoms with E-state index in [0.29, 0.717) is 71.7 Å². The Morgan fingerprint density at radius 1 is 0.380 bits per heavy atom. The molecule has 0 aromatic heterocycles. The van der Waals surface area contributed by atoms with Gasteiger partial charge in [0.1, 0.15) is 28.8 Å². The molecule has 0 saturated heterocycles. The van der Waals surface area contributed by atoms with E-state index in [1.165, 1.54) is 13.8 Å². The molecule has 2 saturated carbocycles. The third-order valence-corrected chi connectivity index (χ3v) is 10.2. The van der Waals surface area contributed by atoms with E-state index in [1.807, 2.05) is 27.7 Å². The third kappa shape index (κ3) is 52.1. The van der Waals surface area contributed by atoms with Crippen molar-refractivity contribution in [2.75, 3.05) is 26.4 Å². The summed E-state index contributed by atoms with van der Waals surface area (Å²) in [5.74, 6) is 0.943. The first kappa shape index (κ1) is 98.1.